The molecule has 5 heteroatoms. The van der Waals surface area contributed by atoms with Crippen molar-refractivity contribution in [3.63, 3.8) is 0 Å². The highest BCUT2D eigenvalue weighted by molar-refractivity contribution is 7.16. The van der Waals surface area contributed by atoms with Gasteiger partial charge in [0.15, 0.2) is 6.29 Å². The molecule has 0 aliphatic heterocycles. The summed E-state index contributed by atoms with van der Waals surface area (Å²) in [7, 11) is 1.93. The number of anilines is 1. The van der Waals surface area contributed by atoms with Crippen LogP contribution in [0.1, 0.15) is 15.2 Å². The van der Waals surface area contributed by atoms with E-state index in [9.17, 15) is 4.79 Å². The predicted octanol–water partition coefficient (Wildman–Crippen LogP) is 4.50. The van der Waals surface area contributed by atoms with Crippen molar-refractivity contribution in [1.29, 1.82) is 0 Å². The van der Waals surface area contributed by atoms with Crippen molar-refractivity contribution >= 4 is 46.5 Å². The Bertz CT molecular complexity index is 568. The third-order valence-corrected chi connectivity index (χ3v) is 4.00. The van der Waals surface area contributed by atoms with Gasteiger partial charge in [0.2, 0.25) is 0 Å². The normalized spacial score (nSPS) is 10.4. The SMILES string of the molecule is CN(Cc1ccc(Cl)s1)c1ccc(Cl)cc1C=O. The Morgan fingerprint density at radius 3 is 2.67 bits per heavy atom. The van der Waals surface area contributed by atoms with Crippen molar-refractivity contribution < 1.29 is 4.79 Å². The minimum Gasteiger partial charge on any atom is -0.369 e. The maximum atomic E-state index is 11.0. The van der Waals surface area contributed by atoms with Crippen molar-refractivity contribution in [2.24, 2.45) is 0 Å². The minimum absolute atomic E-state index is 0.563. The molecule has 0 bridgehead atoms. The number of aldehydes is 1. The van der Waals surface area contributed by atoms with Crippen LogP contribution < -0.4 is 4.90 Å². The summed E-state index contributed by atoms with van der Waals surface area (Å²) in [5.41, 5.74) is 1.45. The van der Waals surface area contributed by atoms with Gasteiger partial charge in [0.1, 0.15) is 0 Å². The molecule has 1 heterocycles. The van der Waals surface area contributed by atoms with Crippen LogP contribution >= 0.6 is 34.5 Å². The van der Waals surface area contributed by atoms with Gasteiger partial charge in [-0.25, -0.2) is 0 Å². The number of hydrogen-bond donors (Lipinski definition) is 0. The highest BCUT2D eigenvalue weighted by atomic mass is 35.5. The van der Waals surface area contributed by atoms with Crippen LogP contribution in [0.5, 0.6) is 0 Å². The molecular formula is C13H11Cl2NOS. The molecule has 0 amide bonds. The second-order valence-corrected chi connectivity index (χ2v) is 6.12. The Morgan fingerprint density at radius 2 is 2.06 bits per heavy atom. The van der Waals surface area contributed by atoms with E-state index >= 15 is 0 Å². The average molecular weight is 300 g/mol. The van der Waals surface area contributed by atoms with E-state index in [1.165, 1.54) is 11.3 Å². The van der Waals surface area contributed by atoms with Gasteiger partial charge in [-0.1, -0.05) is 23.2 Å². The summed E-state index contributed by atoms with van der Waals surface area (Å²) in [5.74, 6) is 0. The Hall–Kier alpha value is -1.03. The van der Waals surface area contributed by atoms with E-state index < -0.39 is 0 Å². The summed E-state index contributed by atoms with van der Waals surface area (Å²) < 4.78 is 0.769. The predicted molar refractivity (Wildman–Crippen MR) is 78.3 cm³/mol. The first kappa shape index (κ1) is 13.4. The molecule has 0 saturated carbocycles. The first-order chi connectivity index (χ1) is 8.60. The number of carbonyl (C=O) groups excluding carboxylic acids is 1. The minimum atomic E-state index is 0.563. The van der Waals surface area contributed by atoms with Crippen molar-refractivity contribution in [2.45, 2.75) is 6.54 Å². The van der Waals surface area contributed by atoms with E-state index in [0.29, 0.717) is 17.1 Å². The van der Waals surface area contributed by atoms with Crippen LogP contribution in [0, 0.1) is 0 Å². The van der Waals surface area contributed by atoms with E-state index in [0.717, 1.165) is 21.2 Å². The fourth-order valence-electron chi connectivity index (χ4n) is 1.72. The van der Waals surface area contributed by atoms with Crippen molar-refractivity contribution in [1.82, 2.24) is 0 Å². The monoisotopic (exact) mass is 299 g/mol. The van der Waals surface area contributed by atoms with E-state index in [1.807, 2.05) is 30.1 Å². The van der Waals surface area contributed by atoms with Gasteiger partial charge in [-0.2, -0.15) is 0 Å². The number of thiophene rings is 1. The van der Waals surface area contributed by atoms with E-state index in [4.69, 9.17) is 23.2 Å². The molecule has 0 fully saturated rings. The molecule has 0 aliphatic carbocycles. The quantitative estimate of drug-likeness (QED) is 0.775. The van der Waals surface area contributed by atoms with Gasteiger partial charge in [-0.3, -0.25) is 4.79 Å². The van der Waals surface area contributed by atoms with Crippen LogP contribution in [-0.4, -0.2) is 13.3 Å². The Labute approximate surface area is 120 Å². The van der Waals surface area contributed by atoms with Gasteiger partial charge in [0, 0.05) is 28.2 Å². The zero-order valence-electron chi connectivity index (χ0n) is 9.69. The zero-order valence-corrected chi connectivity index (χ0v) is 12.0. The molecule has 0 N–H and O–H groups in total. The zero-order chi connectivity index (χ0) is 13.1. The van der Waals surface area contributed by atoms with Gasteiger partial charge in [-0.05, 0) is 30.3 Å². The molecule has 0 spiro atoms. The molecule has 94 valence electrons. The maximum absolute atomic E-state index is 11.0. The molecule has 18 heavy (non-hydrogen) atoms. The van der Waals surface area contributed by atoms with Gasteiger partial charge in [-0.15, -0.1) is 11.3 Å². The van der Waals surface area contributed by atoms with E-state index in [2.05, 4.69) is 0 Å². The molecule has 2 rings (SSSR count). The summed E-state index contributed by atoms with van der Waals surface area (Å²) in [6, 6.07) is 9.16. The number of halogens is 2. The van der Waals surface area contributed by atoms with Crippen LogP contribution in [0.4, 0.5) is 5.69 Å². The summed E-state index contributed by atoms with van der Waals surface area (Å²) in [4.78, 5) is 14.2. The van der Waals surface area contributed by atoms with Crippen LogP contribution in [0.3, 0.4) is 0 Å². The lowest BCUT2D eigenvalue weighted by molar-refractivity contribution is 0.112. The van der Waals surface area contributed by atoms with Gasteiger partial charge >= 0.3 is 0 Å². The third-order valence-electron chi connectivity index (χ3n) is 2.55. The second-order valence-electron chi connectivity index (χ2n) is 3.88. The third kappa shape index (κ3) is 3.05. The van der Waals surface area contributed by atoms with Gasteiger partial charge in [0.05, 0.1) is 10.9 Å². The highest BCUT2D eigenvalue weighted by Crippen LogP contribution is 2.27. The fourth-order valence-corrected chi connectivity index (χ4v) is 3.04. The molecule has 0 radical (unpaired) electrons. The van der Waals surface area contributed by atoms with Gasteiger partial charge in [0.25, 0.3) is 0 Å². The van der Waals surface area contributed by atoms with Crippen molar-refractivity contribution in [2.75, 3.05) is 11.9 Å². The largest absolute Gasteiger partial charge is 0.369 e. The van der Waals surface area contributed by atoms with Crippen LogP contribution in [0.2, 0.25) is 9.36 Å². The standard InChI is InChI=1S/C13H11Cl2NOS/c1-16(7-11-3-5-13(15)18-11)12-4-2-10(14)6-9(12)8-17/h2-6,8H,7H2,1H3. The summed E-state index contributed by atoms with van der Waals surface area (Å²) >= 11 is 13.3. The average Bonchev–Trinajstić information content (AvgIpc) is 2.74. The second kappa shape index (κ2) is 5.74. The number of hydrogen-bond acceptors (Lipinski definition) is 3. The number of benzene rings is 1. The number of nitrogens with zero attached hydrogens (tertiary/aromatic N) is 1. The first-order valence-corrected chi connectivity index (χ1v) is 6.87. The van der Waals surface area contributed by atoms with Crippen LogP contribution in [0.15, 0.2) is 30.3 Å². The molecule has 1 aromatic carbocycles. The van der Waals surface area contributed by atoms with Crippen LogP contribution in [0.25, 0.3) is 0 Å². The summed E-state index contributed by atoms with van der Waals surface area (Å²) in [6.45, 7) is 0.708. The van der Waals surface area contributed by atoms with Gasteiger partial charge < -0.3 is 4.90 Å². The first-order valence-electron chi connectivity index (χ1n) is 5.30. The molecule has 2 aromatic rings. The number of carbonyl (C=O) groups is 1. The molecule has 1 aromatic heterocycles. The lowest BCUT2D eigenvalue weighted by Gasteiger charge is -2.20. The Morgan fingerprint density at radius 1 is 1.28 bits per heavy atom. The summed E-state index contributed by atoms with van der Waals surface area (Å²) in [5, 5.41) is 0.563. The van der Waals surface area contributed by atoms with Crippen LogP contribution in [-0.2, 0) is 6.54 Å². The smallest absolute Gasteiger partial charge is 0.152 e. The van der Waals surface area contributed by atoms with Crippen molar-refractivity contribution in [3.8, 4) is 0 Å². The highest BCUT2D eigenvalue weighted by Gasteiger charge is 2.09. The molecular weight excluding hydrogens is 289 g/mol. The molecule has 0 saturated heterocycles. The topological polar surface area (TPSA) is 20.3 Å². The lowest BCUT2D eigenvalue weighted by Crippen LogP contribution is -2.17. The maximum Gasteiger partial charge on any atom is 0.152 e. The Kier molecular flexibility index (Phi) is 4.27. The van der Waals surface area contributed by atoms with E-state index in [-0.39, 0.29) is 0 Å². The number of rotatable bonds is 4. The van der Waals surface area contributed by atoms with E-state index in [1.54, 1.807) is 12.1 Å². The lowest BCUT2D eigenvalue weighted by atomic mass is 10.2. The summed E-state index contributed by atoms with van der Waals surface area (Å²) in [6.07, 6.45) is 0.819. The fraction of sp³-hybridized carbons (Fsp3) is 0.154. The Balaban J connectivity index is 2.23. The van der Waals surface area contributed by atoms with Crippen molar-refractivity contribution in [3.05, 3.63) is 50.1 Å². The molecule has 0 unspecified atom stereocenters. The molecule has 2 nitrogen and oxygen atoms in total. The molecule has 0 atom stereocenters. The molecule has 0 aliphatic rings.